The number of hydrogen-bond donors (Lipinski definition) is 1. The monoisotopic (exact) mass is 298 g/mol. The van der Waals surface area contributed by atoms with E-state index >= 15 is 0 Å². The molecule has 0 aliphatic carbocycles. The molecule has 0 amide bonds. The highest BCUT2D eigenvalue weighted by molar-refractivity contribution is 9.10. The summed E-state index contributed by atoms with van der Waals surface area (Å²) in [4.78, 5) is 2.38. The van der Waals surface area contributed by atoms with Crippen molar-refractivity contribution < 1.29 is 0 Å². The third-order valence-corrected chi connectivity index (χ3v) is 3.77. The van der Waals surface area contributed by atoms with Gasteiger partial charge in [0.05, 0.1) is 0 Å². The molecule has 1 rings (SSSR count). The molecular weight excluding hydrogens is 276 g/mol. The summed E-state index contributed by atoms with van der Waals surface area (Å²) in [6.07, 6.45) is 1.20. The van der Waals surface area contributed by atoms with Crippen LogP contribution >= 0.6 is 15.9 Å². The van der Waals surface area contributed by atoms with E-state index in [1.165, 1.54) is 16.5 Å². The number of likely N-dealkylation sites (N-methyl/N-ethyl adjacent to an activating group) is 1. The molecule has 0 aliphatic heterocycles. The highest BCUT2D eigenvalue weighted by atomic mass is 79.9. The molecule has 1 N–H and O–H groups in total. The molecule has 0 aromatic heterocycles. The summed E-state index contributed by atoms with van der Waals surface area (Å²) >= 11 is 3.60. The first-order chi connectivity index (χ1) is 8.15. The van der Waals surface area contributed by atoms with Gasteiger partial charge < -0.3 is 5.32 Å². The SMILES string of the molecule is CCCNCC(C)N(C)Cc1ccccc1Br. The van der Waals surface area contributed by atoms with E-state index in [1.807, 2.05) is 0 Å². The van der Waals surface area contributed by atoms with Crippen molar-refractivity contribution in [1.29, 1.82) is 0 Å². The second kappa shape index (κ2) is 7.85. The lowest BCUT2D eigenvalue weighted by Gasteiger charge is -2.25. The Hall–Kier alpha value is -0.380. The summed E-state index contributed by atoms with van der Waals surface area (Å²) in [5.74, 6) is 0. The fourth-order valence-corrected chi connectivity index (χ4v) is 2.10. The molecule has 2 nitrogen and oxygen atoms in total. The van der Waals surface area contributed by atoms with Crippen LogP contribution in [0.15, 0.2) is 28.7 Å². The fourth-order valence-electron chi connectivity index (χ4n) is 1.69. The summed E-state index contributed by atoms with van der Waals surface area (Å²) in [5.41, 5.74) is 1.34. The van der Waals surface area contributed by atoms with Gasteiger partial charge in [-0.05, 0) is 38.6 Å². The van der Waals surface area contributed by atoms with Crippen LogP contribution in [0, 0.1) is 0 Å². The Morgan fingerprint density at radius 1 is 1.35 bits per heavy atom. The zero-order valence-corrected chi connectivity index (χ0v) is 12.6. The lowest BCUT2D eigenvalue weighted by atomic mass is 10.2. The minimum atomic E-state index is 0.550. The zero-order chi connectivity index (χ0) is 12.7. The van der Waals surface area contributed by atoms with Gasteiger partial charge in [-0.25, -0.2) is 0 Å². The Morgan fingerprint density at radius 3 is 2.71 bits per heavy atom. The standard InChI is InChI=1S/C14H23BrN2/c1-4-9-16-10-12(2)17(3)11-13-7-5-6-8-14(13)15/h5-8,12,16H,4,9-11H2,1-3H3. The van der Waals surface area contributed by atoms with Gasteiger partial charge in [0.25, 0.3) is 0 Å². The third kappa shape index (κ3) is 5.19. The van der Waals surface area contributed by atoms with Crippen molar-refractivity contribution in [1.82, 2.24) is 10.2 Å². The molecule has 0 saturated carbocycles. The van der Waals surface area contributed by atoms with Crippen LogP contribution in [0.25, 0.3) is 0 Å². The minimum Gasteiger partial charge on any atom is -0.315 e. The molecule has 1 aromatic carbocycles. The molecule has 96 valence electrons. The van der Waals surface area contributed by atoms with Crippen LogP contribution in [0.1, 0.15) is 25.8 Å². The Labute approximate surface area is 114 Å². The van der Waals surface area contributed by atoms with E-state index in [4.69, 9.17) is 0 Å². The maximum atomic E-state index is 3.60. The van der Waals surface area contributed by atoms with E-state index in [1.54, 1.807) is 0 Å². The Balaban J connectivity index is 2.43. The van der Waals surface area contributed by atoms with Gasteiger partial charge in [0.2, 0.25) is 0 Å². The van der Waals surface area contributed by atoms with E-state index in [2.05, 4.69) is 71.3 Å². The van der Waals surface area contributed by atoms with Gasteiger partial charge in [0, 0.05) is 23.6 Å². The molecule has 3 heteroatoms. The highest BCUT2D eigenvalue weighted by Crippen LogP contribution is 2.17. The predicted octanol–water partition coefficient (Wildman–Crippen LogP) is 3.27. The maximum absolute atomic E-state index is 3.60. The summed E-state index contributed by atoms with van der Waals surface area (Å²) < 4.78 is 1.19. The minimum absolute atomic E-state index is 0.550. The lowest BCUT2D eigenvalue weighted by molar-refractivity contribution is 0.243. The van der Waals surface area contributed by atoms with Crippen LogP contribution in [-0.2, 0) is 6.54 Å². The van der Waals surface area contributed by atoms with Gasteiger partial charge in [-0.1, -0.05) is 41.1 Å². The van der Waals surface area contributed by atoms with Crippen LogP contribution < -0.4 is 5.32 Å². The van der Waals surface area contributed by atoms with Crippen LogP contribution in [0.2, 0.25) is 0 Å². The van der Waals surface area contributed by atoms with Gasteiger partial charge in [-0.3, -0.25) is 4.90 Å². The quantitative estimate of drug-likeness (QED) is 0.777. The van der Waals surface area contributed by atoms with E-state index in [-0.39, 0.29) is 0 Å². The highest BCUT2D eigenvalue weighted by Gasteiger charge is 2.10. The number of rotatable bonds is 7. The Kier molecular flexibility index (Phi) is 6.78. The molecule has 0 heterocycles. The van der Waals surface area contributed by atoms with E-state index in [9.17, 15) is 0 Å². The smallest absolute Gasteiger partial charge is 0.0245 e. The maximum Gasteiger partial charge on any atom is 0.0245 e. The van der Waals surface area contributed by atoms with Gasteiger partial charge in [-0.15, -0.1) is 0 Å². The van der Waals surface area contributed by atoms with Crippen molar-refractivity contribution in [3.05, 3.63) is 34.3 Å². The number of nitrogens with one attached hydrogen (secondary N) is 1. The van der Waals surface area contributed by atoms with Gasteiger partial charge in [0.15, 0.2) is 0 Å². The van der Waals surface area contributed by atoms with Crippen LogP contribution in [0.3, 0.4) is 0 Å². The molecule has 1 unspecified atom stereocenters. The predicted molar refractivity (Wildman–Crippen MR) is 78.2 cm³/mol. The Bertz CT molecular complexity index is 328. The van der Waals surface area contributed by atoms with Crippen molar-refractivity contribution in [2.45, 2.75) is 32.9 Å². The summed E-state index contributed by atoms with van der Waals surface area (Å²) in [5, 5.41) is 3.46. The topological polar surface area (TPSA) is 15.3 Å². The van der Waals surface area contributed by atoms with E-state index in [0.29, 0.717) is 6.04 Å². The normalized spacial score (nSPS) is 13.0. The van der Waals surface area contributed by atoms with Gasteiger partial charge in [-0.2, -0.15) is 0 Å². The van der Waals surface area contributed by atoms with Gasteiger partial charge in [0.1, 0.15) is 0 Å². The average Bonchev–Trinajstić information content (AvgIpc) is 2.32. The van der Waals surface area contributed by atoms with E-state index in [0.717, 1.165) is 19.6 Å². The molecule has 1 aromatic rings. The molecule has 0 saturated heterocycles. The first kappa shape index (κ1) is 14.7. The molecule has 1 atom stereocenters. The zero-order valence-electron chi connectivity index (χ0n) is 11.0. The summed E-state index contributed by atoms with van der Waals surface area (Å²) in [6, 6.07) is 8.97. The number of hydrogen-bond acceptors (Lipinski definition) is 2. The van der Waals surface area contributed by atoms with Crippen molar-refractivity contribution in [2.24, 2.45) is 0 Å². The van der Waals surface area contributed by atoms with Crippen molar-refractivity contribution in [3.63, 3.8) is 0 Å². The first-order valence-corrected chi connectivity index (χ1v) is 7.08. The second-order valence-electron chi connectivity index (χ2n) is 4.56. The van der Waals surface area contributed by atoms with Crippen LogP contribution in [0.5, 0.6) is 0 Å². The molecule has 0 fully saturated rings. The largest absolute Gasteiger partial charge is 0.315 e. The van der Waals surface area contributed by atoms with Crippen LogP contribution in [-0.4, -0.2) is 31.1 Å². The molecule has 0 aliphatic rings. The second-order valence-corrected chi connectivity index (χ2v) is 5.41. The van der Waals surface area contributed by atoms with E-state index < -0.39 is 0 Å². The Morgan fingerprint density at radius 2 is 2.06 bits per heavy atom. The lowest BCUT2D eigenvalue weighted by Crippen LogP contribution is -2.37. The average molecular weight is 299 g/mol. The first-order valence-electron chi connectivity index (χ1n) is 6.29. The number of benzene rings is 1. The number of nitrogens with zero attached hydrogens (tertiary/aromatic N) is 1. The molecule has 0 bridgehead atoms. The summed E-state index contributed by atoms with van der Waals surface area (Å²) in [7, 11) is 2.18. The summed E-state index contributed by atoms with van der Waals surface area (Å²) in [6.45, 7) is 7.60. The molecule has 0 radical (unpaired) electrons. The van der Waals surface area contributed by atoms with Crippen LogP contribution in [0.4, 0.5) is 0 Å². The molecule has 17 heavy (non-hydrogen) atoms. The van der Waals surface area contributed by atoms with Crippen molar-refractivity contribution >= 4 is 15.9 Å². The molecular formula is C14H23BrN2. The fraction of sp³-hybridized carbons (Fsp3) is 0.571. The van der Waals surface area contributed by atoms with Crippen molar-refractivity contribution in [2.75, 3.05) is 20.1 Å². The van der Waals surface area contributed by atoms with Gasteiger partial charge >= 0.3 is 0 Å². The van der Waals surface area contributed by atoms with Crippen molar-refractivity contribution in [3.8, 4) is 0 Å². The molecule has 0 spiro atoms. The number of halogens is 1. The third-order valence-electron chi connectivity index (χ3n) is 3.00.